The molecular formula is C18H20ClNO3S. The van der Waals surface area contributed by atoms with Crippen molar-refractivity contribution in [2.75, 3.05) is 20.3 Å². The second-order valence-corrected chi connectivity index (χ2v) is 6.79. The Morgan fingerprint density at radius 3 is 2.71 bits per heavy atom. The second-order valence-electron chi connectivity index (χ2n) is 4.99. The molecule has 0 atom stereocenters. The second kappa shape index (κ2) is 8.76. The average Bonchev–Trinajstić information content (AvgIpc) is 3.02. The number of rotatable bonds is 8. The standard InChI is InChI=1S/C18H20ClNO3S/c1-4-10-23-15-8-6-13(11-16(15)22-3)18(21)20(5-2)12-14-7-9-17(19)24-14/h4,6-9,11H,1,5,10,12H2,2-3H3. The zero-order valence-corrected chi connectivity index (χ0v) is 15.3. The van der Waals surface area contributed by atoms with E-state index in [9.17, 15) is 4.79 Å². The minimum Gasteiger partial charge on any atom is -0.493 e. The first-order chi connectivity index (χ1) is 11.6. The molecule has 1 aromatic carbocycles. The Balaban J connectivity index is 2.18. The predicted octanol–water partition coefficient (Wildman–Crippen LogP) is 4.64. The van der Waals surface area contributed by atoms with Crippen molar-refractivity contribution in [1.82, 2.24) is 4.90 Å². The van der Waals surface area contributed by atoms with Crippen LogP contribution < -0.4 is 9.47 Å². The Morgan fingerprint density at radius 1 is 1.33 bits per heavy atom. The van der Waals surface area contributed by atoms with E-state index in [0.29, 0.717) is 36.8 Å². The lowest BCUT2D eigenvalue weighted by Gasteiger charge is -2.21. The van der Waals surface area contributed by atoms with Crippen molar-refractivity contribution < 1.29 is 14.3 Å². The molecule has 2 rings (SSSR count). The fraction of sp³-hybridized carbons (Fsp3) is 0.278. The summed E-state index contributed by atoms with van der Waals surface area (Å²) >= 11 is 7.44. The van der Waals surface area contributed by atoms with Crippen molar-refractivity contribution in [3.63, 3.8) is 0 Å². The molecule has 0 fully saturated rings. The summed E-state index contributed by atoms with van der Waals surface area (Å²) in [4.78, 5) is 15.6. The minimum absolute atomic E-state index is 0.0596. The highest BCUT2D eigenvalue weighted by atomic mass is 35.5. The van der Waals surface area contributed by atoms with Gasteiger partial charge in [0.25, 0.3) is 5.91 Å². The van der Waals surface area contributed by atoms with Gasteiger partial charge in [0.05, 0.1) is 18.0 Å². The largest absolute Gasteiger partial charge is 0.493 e. The zero-order chi connectivity index (χ0) is 17.5. The number of carbonyl (C=O) groups excluding carboxylic acids is 1. The fourth-order valence-corrected chi connectivity index (χ4v) is 3.31. The van der Waals surface area contributed by atoms with Crippen LogP contribution in [0, 0.1) is 0 Å². The van der Waals surface area contributed by atoms with Crippen LogP contribution in [0.5, 0.6) is 11.5 Å². The predicted molar refractivity (Wildman–Crippen MR) is 98.4 cm³/mol. The molecule has 0 aliphatic heterocycles. The molecule has 2 aromatic rings. The van der Waals surface area contributed by atoms with Gasteiger partial charge in [-0.1, -0.05) is 24.3 Å². The smallest absolute Gasteiger partial charge is 0.254 e. The number of halogens is 1. The van der Waals surface area contributed by atoms with Crippen LogP contribution in [0.25, 0.3) is 0 Å². The van der Waals surface area contributed by atoms with Gasteiger partial charge in [-0.2, -0.15) is 0 Å². The van der Waals surface area contributed by atoms with Gasteiger partial charge in [0.15, 0.2) is 11.5 Å². The molecule has 128 valence electrons. The molecule has 1 aromatic heterocycles. The van der Waals surface area contributed by atoms with E-state index >= 15 is 0 Å². The van der Waals surface area contributed by atoms with E-state index in [1.54, 1.807) is 36.3 Å². The topological polar surface area (TPSA) is 38.8 Å². The number of nitrogens with zero attached hydrogens (tertiary/aromatic N) is 1. The number of benzene rings is 1. The summed E-state index contributed by atoms with van der Waals surface area (Å²) in [7, 11) is 1.55. The third kappa shape index (κ3) is 4.52. The van der Waals surface area contributed by atoms with Gasteiger partial charge >= 0.3 is 0 Å². The van der Waals surface area contributed by atoms with Crippen molar-refractivity contribution in [3.8, 4) is 11.5 Å². The summed E-state index contributed by atoms with van der Waals surface area (Å²) in [5.74, 6) is 1.05. The van der Waals surface area contributed by atoms with E-state index in [2.05, 4.69) is 6.58 Å². The Morgan fingerprint density at radius 2 is 2.12 bits per heavy atom. The molecule has 0 aliphatic carbocycles. The lowest BCUT2D eigenvalue weighted by molar-refractivity contribution is 0.0753. The molecule has 0 spiro atoms. The summed E-state index contributed by atoms with van der Waals surface area (Å²) in [6.07, 6.45) is 1.66. The van der Waals surface area contributed by atoms with E-state index in [-0.39, 0.29) is 5.91 Å². The van der Waals surface area contributed by atoms with E-state index in [1.807, 2.05) is 19.1 Å². The average molecular weight is 366 g/mol. The quantitative estimate of drug-likeness (QED) is 0.640. The fourth-order valence-electron chi connectivity index (χ4n) is 2.20. The van der Waals surface area contributed by atoms with E-state index in [4.69, 9.17) is 21.1 Å². The molecule has 24 heavy (non-hydrogen) atoms. The van der Waals surface area contributed by atoms with E-state index < -0.39 is 0 Å². The van der Waals surface area contributed by atoms with Crippen molar-refractivity contribution in [2.24, 2.45) is 0 Å². The molecule has 0 radical (unpaired) electrons. The zero-order valence-electron chi connectivity index (χ0n) is 13.8. The molecular weight excluding hydrogens is 346 g/mol. The number of thiophene rings is 1. The van der Waals surface area contributed by atoms with Crippen LogP contribution in [-0.2, 0) is 6.54 Å². The third-order valence-electron chi connectivity index (χ3n) is 3.41. The molecule has 0 N–H and O–H groups in total. The highest BCUT2D eigenvalue weighted by Crippen LogP contribution is 2.29. The molecule has 0 bridgehead atoms. The van der Waals surface area contributed by atoms with Crippen LogP contribution in [0.4, 0.5) is 0 Å². The van der Waals surface area contributed by atoms with E-state index in [1.165, 1.54) is 11.3 Å². The molecule has 4 nitrogen and oxygen atoms in total. The van der Waals surface area contributed by atoms with Gasteiger partial charge in [-0.3, -0.25) is 4.79 Å². The molecule has 0 saturated heterocycles. The van der Waals surface area contributed by atoms with Crippen LogP contribution in [0.15, 0.2) is 43.0 Å². The van der Waals surface area contributed by atoms with Crippen molar-refractivity contribution in [3.05, 3.63) is 57.8 Å². The maximum atomic E-state index is 12.8. The molecule has 0 unspecified atom stereocenters. The molecule has 0 aliphatic rings. The number of ether oxygens (including phenoxy) is 2. The van der Waals surface area contributed by atoms with E-state index in [0.717, 1.165) is 9.21 Å². The highest BCUT2D eigenvalue weighted by Gasteiger charge is 2.17. The maximum Gasteiger partial charge on any atom is 0.254 e. The first kappa shape index (κ1) is 18.4. The maximum absolute atomic E-state index is 12.8. The molecule has 6 heteroatoms. The van der Waals surface area contributed by atoms with Gasteiger partial charge in [0, 0.05) is 17.0 Å². The summed E-state index contributed by atoms with van der Waals surface area (Å²) in [6.45, 7) is 7.08. The Bertz CT molecular complexity index is 714. The first-order valence-corrected chi connectivity index (χ1v) is 8.73. The molecule has 1 heterocycles. The van der Waals surface area contributed by atoms with Gasteiger partial charge in [-0.15, -0.1) is 11.3 Å². The van der Waals surface area contributed by atoms with Gasteiger partial charge in [-0.25, -0.2) is 0 Å². The number of amides is 1. The van der Waals surface area contributed by atoms with Crippen LogP contribution in [0.3, 0.4) is 0 Å². The normalized spacial score (nSPS) is 10.3. The summed E-state index contributed by atoms with van der Waals surface area (Å²) in [6, 6.07) is 8.97. The molecule has 0 saturated carbocycles. The number of methoxy groups -OCH3 is 1. The minimum atomic E-state index is -0.0596. The Labute approximate surface area is 151 Å². The SMILES string of the molecule is C=CCOc1ccc(C(=O)N(CC)Cc2ccc(Cl)s2)cc1OC. The summed E-state index contributed by atoms with van der Waals surface area (Å²) < 4.78 is 11.6. The van der Waals surface area contributed by atoms with Crippen LogP contribution >= 0.6 is 22.9 Å². The van der Waals surface area contributed by atoms with Gasteiger partial charge in [0.1, 0.15) is 6.61 Å². The van der Waals surface area contributed by atoms with Crippen molar-refractivity contribution in [1.29, 1.82) is 0 Å². The Kier molecular flexibility index (Phi) is 6.70. The summed E-state index contributed by atoms with van der Waals surface area (Å²) in [5.41, 5.74) is 0.558. The Hall–Kier alpha value is -1.98. The number of hydrogen-bond acceptors (Lipinski definition) is 4. The van der Waals surface area contributed by atoms with Gasteiger partial charge in [0.2, 0.25) is 0 Å². The van der Waals surface area contributed by atoms with Gasteiger partial charge in [-0.05, 0) is 37.3 Å². The number of carbonyl (C=O) groups is 1. The lowest BCUT2D eigenvalue weighted by atomic mass is 10.1. The first-order valence-electron chi connectivity index (χ1n) is 7.54. The van der Waals surface area contributed by atoms with Crippen LogP contribution in [-0.4, -0.2) is 31.1 Å². The van der Waals surface area contributed by atoms with Crippen LogP contribution in [0.1, 0.15) is 22.2 Å². The van der Waals surface area contributed by atoms with Crippen molar-refractivity contribution >= 4 is 28.8 Å². The van der Waals surface area contributed by atoms with Crippen molar-refractivity contribution in [2.45, 2.75) is 13.5 Å². The molecule has 1 amide bonds. The van der Waals surface area contributed by atoms with Gasteiger partial charge < -0.3 is 14.4 Å². The summed E-state index contributed by atoms with van der Waals surface area (Å²) in [5, 5.41) is 0. The monoisotopic (exact) mass is 365 g/mol. The third-order valence-corrected chi connectivity index (χ3v) is 4.63. The number of hydrogen-bond donors (Lipinski definition) is 0. The van der Waals surface area contributed by atoms with Crippen LogP contribution in [0.2, 0.25) is 4.34 Å². The lowest BCUT2D eigenvalue weighted by Crippen LogP contribution is -2.30. The highest BCUT2D eigenvalue weighted by molar-refractivity contribution is 7.16.